The average molecular weight is 304 g/mol. The van der Waals surface area contributed by atoms with Gasteiger partial charge in [0.2, 0.25) is 0 Å². The molecule has 0 aromatic carbocycles. The number of nitrogens with zero attached hydrogens (tertiary/aromatic N) is 3. The van der Waals surface area contributed by atoms with Crippen LogP contribution in [-0.4, -0.2) is 15.0 Å². The van der Waals surface area contributed by atoms with E-state index in [-0.39, 0.29) is 6.04 Å². The minimum Gasteiger partial charge on any atom is -0.360 e. The maximum atomic E-state index is 4.43. The van der Waals surface area contributed by atoms with Crippen molar-refractivity contribution in [3.63, 3.8) is 0 Å². The quantitative estimate of drug-likeness (QED) is 0.785. The molecule has 3 heterocycles. The van der Waals surface area contributed by atoms with Gasteiger partial charge in [0.05, 0.1) is 11.4 Å². The van der Waals surface area contributed by atoms with Crippen LogP contribution in [0.1, 0.15) is 34.7 Å². The average Bonchev–Trinajstić information content (AvgIpc) is 3.05. The number of aryl methyl sites for hydroxylation is 2. The lowest BCUT2D eigenvalue weighted by atomic mass is 10.3. The van der Waals surface area contributed by atoms with Gasteiger partial charge in [0.25, 0.3) is 0 Å². The molecule has 1 unspecified atom stereocenters. The minimum atomic E-state index is 0.150. The number of thiazole rings is 1. The summed E-state index contributed by atoms with van der Waals surface area (Å²) in [6.07, 6.45) is 4.57. The summed E-state index contributed by atoms with van der Waals surface area (Å²) >= 11 is 3.45. The maximum absolute atomic E-state index is 4.43. The number of anilines is 1. The third-order valence-corrected chi connectivity index (χ3v) is 5.37. The number of aromatic nitrogens is 3. The number of fused-ring (bicyclic) bond motifs is 1. The first kappa shape index (κ1) is 13.5. The highest BCUT2D eigenvalue weighted by Gasteiger charge is 2.13. The van der Waals surface area contributed by atoms with Crippen LogP contribution in [0.4, 0.5) is 5.82 Å². The monoisotopic (exact) mass is 304 g/mol. The fraction of sp³-hybridized carbons (Fsp3) is 0.357. The van der Waals surface area contributed by atoms with Crippen LogP contribution >= 0.6 is 22.7 Å². The van der Waals surface area contributed by atoms with Gasteiger partial charge in [-0.25, -0.2) is 15.0 Å². The molecule has 0 saturated heterocycles. The standard InChI is InChI=1S/C14H16N4S2/c1-4-10-5-11-12(16-7-17-14(11)20-10)18-9(3)13-15-6-8(2)19-13/h5-7,9H,4H2,1-3H3,(H,16,17,18). The summed E-state index contributed by atoms with van der Waals surface area (Å²) in [5, 5.41) is 5.64. The molecule has 0 aliphatic rings. The highest BCUT2D eigenvalue weighted by molar-refractivity contribution is 7.18. The van der Waals surface area contributed by atoms with E-state index in [0.717, 1.165) is 27.5 Å². The van der Waals surface area contributed by atoms with Crippen molar-refractivity contribution >= 4 is 38.7 Å². The molecule has 3 aromatic heterocycles. The second-order valence-electron chi connectivity index (χ2n) is 4.68. The number of thiophene rings is 1. The largest absolute Gasteiger partial charge is 0.360 e. The summed E-state index contributed by atoms with van der Waals surface area (Å²) in [6.45, 7) is 6.34. The molecular formula is C14H16N4S2. The maximum Gasteiger partial charge on any atom is 0.138 e. The first-order valence-corrected chi connectivity index (χ1v) is 8.23. The lowest BCUT2D eigenvalue weighted by Gasteiger charge is -2.12. The zero-order valence-corrected chi connectivity index (χ0v) is 13.3. The third kappa shape index (κ3) is 2.53. The normalized spacial score (nSPS) is 12.8. The molecule has 1 atom stereocenters. The van der Waals surface area contributed by atoms with Crippen LogP contribution in [0.5, 0.6) is 0 Å². The fourth-order valence-electron chi connectivity index (χ4n) is 2.03. The van der Waals surface area contributed by atoms with E-state index in [1.54, 1.807) is 29.0 Å². The van der Waals surface area contributed by atoms with Crippen molar-refractivity contribution in [2.45, 2.75) is 33.2 Å². The molecule has 0 bridgehead atoms. The van der Waals surface area contributed by atoms with Gasteiger partial charge < -0.3 is 5.32 Å². The molecule has 0 aliphatic heterocycles. The smallest absolute Gasteiger partial charge is 0.138 e. The summed E-state index contributed by atoms with van der Waals surface area (Å²) in [6, 6.07) is 2.33. The molecule has 0 amide bonds. The van der Waals surface area contributed by atoms with Gasteiger partial charge in [-0.3, -0.25) is 0 Å². The van der Waals surface area contributed by atoms with Crippen molar-refractivity contribution in [1.82, 2.24) is 15.0 Å². The van der Waals surface area contributed by atoms with Gasteiger partial charge in [-0.05, 0) is 26.3 Å². The van der Waals surface area contributed by atoms with Crippen LogP contribution in [0.2, 0.25) is 0 Å². The van der Waals surface area contributed by atoms with Crippen molar-refractivity contribution in [2.24, 2.45) is 0 Å². The van der Waals surface area contributed by atoms with Gasteiger partial charge in [-0.2, -0.15) is 0 Å². The Hall–Kier alpha value is -1.53. The van der Waals surface area contributed by atoms with Crippen LogP contribution in [0.3, 0.4) is 0 Å². The Kier molecular flexibility index (Phi) is 3.67. The predicted octanol–water partition coefficient (Wildman–Crippen LogP) is 4.19. The van der Waals surface area contributed by atoms with Crippen LogP contribution in [0, 0.1) is 6.92 Å². The Balaban J connectivity index is 1.92. The number of hydrogen-bond donors (Lipinski definition) is 1. The highest BCUT2D eigenvalue weighted by Crippen LogP contribution is 2.31. The van der Waals surface area contributed by atoms with Crippen molar-refractivity contribution in [1.29, 1.82) is 0 Å². The second kappa shape index (κ2) is 5.46. The van der Waals surface area contributed by atoms with Gasteiger partial charge in [-0.15, -0.1) is 22.7 Å². The summed E-state index contributed by atoms with van der Waals surface area (Å²) in [5.41, 5.74) is 0. The Bertz CT molecular complexity index is 732. The van der Waals surface area contributed by atoms with E-state index in [0.29, 0.717) is 0 Å². The van der Waals surface area contributed by atoms with E-state index in [4.69, 9.17) is 0 Å². The topological polar surface area (TPSA) is 50.7 Å². The van der Waals surface area contributed by atoms with Gasteiger partial charge in [-0.1, -0.05) is 6.92 Å². The molecule has 0 spiro atoms. The van der Waals surface area contributed by atoms with Crippen molar-refractivity contribution in [3.05, 3.63) is 33.4 Å². The van der Waals surface area contributed by atoms with E-state index < -0.39 is 0 Å². The van der Waals surface area contributed by atoms with E-state index >= 15 is 0 Å². The molecule has 0 saturated carbocycles. The highest BCUT2D eigenvalue weighted by atomic mass is 32.1. The molecule has 0 fully saturated rings. The Morgan fingerprint density at radius 2 is 2.10 bits per heavy atom. The van der Waals surface area contributed by atoms with Crippen LogP contribution in [-0.2, 0) is 6.42 Å². The molecule has 0 radical (unpaired) electrons. The predicted molar refractivity (Wildman–Crippen MR) is 85.7 cm³/mol. The Labute approximate surface area is 125 Å². The van der Waals surface area contributed by atoms with E-state index in [1.807, 2.05) is 6.20 Å². The molecular weight excluding hydrogens is 288 g/mol. The molecule has 20 heavy (non-hydrogen) atoms. The van der Waals surface area contributed by atoms with Gasteiger partial charge in [0.1, 0.15) is 22.0 Å². The summed E-state index contributed by atoms with van der Waals surface area (Å²) in [4.78, 5) is 16.8. The summed E-state index contributed by atoms with van der Waals surface area (Å²) in [7, 11) is 0. The lowest BCUT2D eigenvalue weighted by Crippen LogP contribution is -2.07. The zero-order chi connectivity index (χ0) is 14.1. The molecule has 104 valence electrons. The molecule has 1 N–H and O–H groups in total. The van der Waals surface area contributed by atoms with Gasteiger partial charge >= 0.3 is 0 Å². The SMILES string of the molecule is CCc1cc2c(NC(C)c3ncc(C)s3)ncnc2s1. The molecule has 4 nitrogen and oxygen atoms in total. The number of rotatable bonds is 4. The second-order valence-corrected chi connectivity index (χ2v) is 7.06. The van der Waals surface area contributed by atoms with Crippen molar-refractivity contribution in [3.8, 4) is 0 Å². The summed E-state index contributed by atoms with van der Waals surface area (Å²) < 4.78 is 0. The van der Waals surface area contributed by atoms with E-state index in [9.17, 15) is 0 Å². The van der Waals surface area contributed by atoms with Gasteiger partial charge in [0, 0.05) is 16.0 Å². The number of hydrogen-bond acceptors (Lipinski definition) is 6. The Morgan fingerprint density at radius 3 is 2.80 bits per heavy atom. The third-order valence-electron chi connectivity index (χ3n) is 3.09. The molecule has 6 heteroatoms. The van der Waals surface area contributed by atoms with Crippen molar-refractivity contribution < 1.29 is 0 Å². The van der Waals surface area contributed by atoms with Gasteiger partial charge in [0.15, 0.2) is 0 Å². The number of nitrogens with one attached hydrogen (secondary N) is 1. The molecule has 0 aliphatic carbocycles. The van der Waals surface area contributed by atoms with Crippen molar-refractivity contribution in [2.75, 3.05) is 5.32 Å². The Morgan fingerprint density at radius 1 is 1.25 bits per heavy atom. The van der Waals surface area contributed by atoms with E-state index in [2.05, 4.69) is 47.1 Å². The first-order chi connectivity index (χ1) is 9.67. The zero-order valence-electron chi connectivity index (χ0n) is 11.7. The summed E-state index contributed by atoms with van der Waals surface area (Å²) in [5.74, 6) is 0.895. The van der Waals surface area contributed by atoms with Crippen LogP contribution < -0.4 is 5.32 Å². The molecule has 3 rings (SSSR count). The lowest BCUT2D eigenvalue weighted by molar-refractivity contribution is 0.862. The van der Waals surface area contributed by atoms with Crippen LogP contribution in [0.25, 0.3) is 10.2 Å². The first-order valence-electron chi connectivity index (χ1n) is 6.59. The molecule has 3 aromatic rings. The van der Waals surface area contributed by atoms with E-state index in [1.165, 1.54) is 9.75 Å². The van der Waals surface area contributed by atoms with Crippen LogP contribution in [0.15, 0.2) is 18.6 Å². The fourth-order valence-corrected chi connectivity index (χ4v) is 3.75. The minimum absolute atomic E-state index is 0.150.